The van der Waals surface area contributed by atoms with Crippen molar-refractivity contribution in [3.63, 3.8) is 0 Å². The van der Waals surface area contributed by atoms with Crippen molar-refractivity contribution in [2.75, 3.05) is 5.32 Å². The number of anilines is 1. The first kappa shape index (κ1) is 14.4. The molecule has 0 aliphatic carbocycles. The number of nitrogens with one attached hydrogen (secondary N) is 1. The van der Waals surface area contributed by atoms with Crippen LogP contribution in [0.25, 0.3) is 0 Å². The van der Waals surface area contributed by atoms with Gasteiger partial charge in [-0.05, 0) is 24.3 Å². The Balaban J connectivity index is 2.31. The first-order valence-electron chi connectivity index (χ1n) is 5.06. The Bertz CT molecular complexity index is 625. The molecule has 1 aromatic heterocycles. The minimum absolute atomic E-state index is 0.00757. The smallest absolute Gasteiger partial charge is 0.258 e. The lowest BCUT2D eigenvalue weighted by molar-refractivity contribution is 0.102. The molecule has 1 N–H and O–H groups in total. The van der Waals surface area contributed by atoms with Crippen molar-refractivity contribution >= 4 is 58.0 Å². The van der Waals surface area contributed by atoms with Gasteiger partial charge < -0.3 is 5.32 Å². The van der Waals surface area contributed by atoms with Gasteiger partial charge in [0.05, 0.1) is 21.3 Å². The molecule has 0 aliphatic heterocycles. The maximum atomic E-state index is 12.1. The zero-order valence-corrected chi connectivity index (χ0v) is 12.3. The van der Waals surface area contributed by atoms with Crippen molar-refractivity contribution in [2.24, 2.45) is 0 Å². The molecule has 7 heteroatoms. The van der Waals surface area contributed by atoms with Crippen LogP contribution in [0.3, 0.4) is 0 Å². The highest BCUT2D eigenvalue weighted by Crippen LogP contribution is 2.30. The predicted octanol–water partition coefficient (Wildman–Crippen LogP) is 4.95. The Morgan fingerprint density at radius 1 is 1.00 bits per heavy atom. The summed E-state index contributed by atoms with van der Waals surface area (Å²) in [6.07, 6.45) is 0. The molecule has 1 heterocycles. The number of pyridine rings is 1. The second-order valence-corrected chi connectivity index (χ2v) is 5.08. The van der Waals surface area contributed by atoms with E-state index in [0.717, 1.165) is 0 Å². The van der Waals surface area contributed by atoms with Gasteiger partial charge in [0.15, 0.2) is 0 Å². The molecule has 0 saturated carbocycles. The quantitative estimate of drug-likeness (QED) is 0.789. The monoisotopic (exact) mass is 334 g/mol. The van der Waals surface area contributed by atoms with Crippen LogP contribution in [0.1, 0.15) is 10.4 Å². The Morgan fingerprint density at radius 3 is 2.21 bits per heavy atom. The van der Waals surface area contributed by atoms with E-state index in [2.05, 4.69) is 10.3 Å². The molecule has 0 fully saturated rings. The van der Waals surface area contributed by atoms with Gasteiger partial charge >= 0.3 is 0 Å². The van der Waals surface area contributed by atoms with E-state index in [4.69, 9.17) is 46.4 Å². The summed E-state index contributed by atoms with van der Waals surface area (Å²) in [6, 6.07) is 7.85. The van der Waals surface area contributed by atoms with E-state index in [1.807, 2.05) is 0 Å². The van der Waals surface area contributed by atoms with Crippen molar-refractivity contribution in [1.29, 1.82) is 0 Å². The highest BCUT2D eigenvalue weighted by atomic mass is 35.5. The first-order chi connectivity index (χ1) is 8.99. The maximum absolute atomic E-state index is 12.1. The molecular weight excluding hydrogens is 330 g/mol. The van der Waals surface area contributed by atoms with Gasteiger partial charge in [-0.15, -0.1) is 0 Å². The lowest BCUT2D eigenvalue weighted by Gasteiger charge is -2.09. The standard InChI is InChI=1S/C12H6Cl4N2O/c13-7-2-1-3-8(14)10(7)18-12(19)6-4-5-9(15)17-11(6)16/h1-5H,(H,18,19). The molecule has 0 unspecified atom stereocenters. The normalized spacial score (nSPS) is 10.3. The van der Waals surface area contributed by atoms with E-state index in [-0.39, 0.29) is 15.9 Å². The summed E-state index contributed by atoms with van der Waals surface area (Å²) >= 11 is 23.4. The minimum Gasteiger partial charge on any atom is -0.319 e. The summed E-state index contributed by atoms with van der Waals surface area (Å²) < 4.78 is 0. The Hall–Kier alpha value is -1.00. The number of carbonyl (C=O) groups excluding carboxylic acids is 1. The van der Waals surface area contributed by atoms with Crippen molar-refractivity contribution in [3.05, 3.63) is 56.2 Å². The van der Waals surface area contributed by atoms with E-state index in [0.29, 0.717) is 15.7 Å². The number of para-hydroxylation sites is 1. The van der Waals surface area contributed by atoms with Gasteiger partial charge in [0.2, 0.25) is 0 Å². The number of hydrogen-bond acceptors (Lipinski definition) is 2. The minimum atomic E-state index is -0.468. The highest BCUT2D eigenvalue weighted by Gasteiger charge is 2.15. The third-order valence-electron chi connectivity index (χ3n) is 2.26. The topological polar surface area (TPSA) is 42.0 Å². The number of amides is 1. The number of nitrogens with zero attached hydrogens (tertiary/aromatic N) is 1. The van der Waals surface area contributed by atoms with Gasteiger partial charge in [-0.1, -0.05) is 52.5 Å². The molecule has 0 aliphatic rings. The maximum Gasteiger partial charge on any atom is 0.258 e. The van der Waals surface area contributed by atoms with E-state index < -0.39 is 5.91 Å². The first-order valence-corrected chi connectivity index (χ1v) is 6.57. The zero-order valence-electron chi connectivity index (χ0n) is 9.25. The summed E-state index contributed by atoms with van der Waals surface area (Å²) in [5, 5.41) is 3.46. The van der Waals surface area contributed by atoms with Gasteiger partial charge in [0.1, 0.15) is 10.3 Å². The lowest BCUT2D eigenvalue weighted by Crippen LogP contribution is -2.13. The SMILES string of the molecule is O=C(Nc1c(Cl)cccc1Cl)c1ccc(Cl)nc1Cl. The molecule has 2 aromatic rings. The fraction of sp³-hybridized carbons (Fsp3) is 0. The summed E-state index contributed by atoms with van der Waals surface area (Å²) in [4.78, 5) is 15.8. The number of hydrogen-bond donors (Lipinski definition) is 1. The molecule has 1 amide bonds. The Morgan fingerprint density at radius 2 is 1.63 bits per heavy atom. The summed E-state index contributed by atoms with van der Waals surface area (Å²) in [5.41, 5.74) is 0.504. The van der Waals surface area contributed by atoms with Crippen LogP contribution in [-0.4, -0.2) is 10.9 Å². The molecule has 2 rings (SSSR count). The van der Waals surface area contributed by atoms with Gasteiger partial charge in [0.25, 0.3) is 5.91 Å². The van der Waals surface area contributed by atoms with E-state index >= 15 is 0 Å². The van der Waals surface area contributed by atoms with Crippen LogP contribution in [0.15, 0.2) is 30.3 Å². The third-order valence-corrected chi connectivity index (χ3v) is 3.39. The molecule has 98 valence electrons. The van der Waals surface area contributed by atoms with Crippen LogP contribution in [0, 0.1) is 0 Å². The van der Waals surface area contributed by atoms with E-state index in [1.165, 1.54) is 12.1 Å². The molecule has 0 bridgehead atoms. The fourth-order valence-electron chi connectivity index (χ4n) is 1.38. The molecule has 0 atom stereocenters. The van der Waals surface area contributed by atoms with Crippen LogP contribution in [0.2, 0.25) is 20.4 Å². The molecule has 0 spiro atoms. The van der Waals surface area contributed by atoms with Crippen molar-refractivity contribution < 1.29 is 4.79 Å². The van der Waals surface area contributed by atoms with Crippen molar-refractivity contribution in [3.8, 4) is 0 Å². The fourth-order valence-corrected chi connectivity index (χ4v) is 2.30. The molecular formula is C12H6Cl4N2O. The van der Waals surface area contributed by atoms with Crippen molar-refractivity contribution in [1.82, 2.24) is 4.98 Å². The Labute approximate surface area is 129 Å². The van der Waals surface area contributed by atoms with Gasteiger partial charge in [-0.25, -0.2) is 4.98 Å². The third kappa shape index (κ3) is 3.31. The highest BCUT2D eigenvalue weighted by molar-refractivity contribution is 6.40. The number of halogens is 4. The average Bonchev–Trinajstić information content (AvgIpc) is 2.33. The molecule has 1 aromatic carbocycles. The largest absolute Gasteiger partial charge is 0.319 e. The predicted molar refractivity (Wildman–Crippen MR) is 78.7 cm³/mol. The van der Waals surface area contributed by atoms with Crippen LogP contribution in [-0.2, 0) is 0 Å². The van der Waals surface area contributed by atoms with Gasteiger partial charge in [0, 0.05) is 0 Å². The van der Waals surface area contributed by atoms with Crippen molar-refractivity contribution in [2.45, 2.75) is 0 Å². The number of rotatable bonds is 2. The summed E-state index contributed by atoms with van der Waals surface area (Å²) in [5.74, 6) is -0.468. The summed E-state index contributed by atoms with van der Waals surface area (Å²) in [6.45, 7) is 0. The van der Waals surface area contributed by atoms with Gasteiger partial charge in [-0.3, -0.25) is 4.79 Å². The van der Waals surface area contributed by atoms with Crippen LogP contribution in [0.4, 0.5) is 5.69 Å². The second-order valence-electron chi connectivity index (χ2n) is 3.52. The molecule has 3 nitrogen and oxygen atoms in total. The molecule has 0 saturated heterocycles. The average molecular weight is 336 g/mol. The summed E-state index contributed by atoms with van der Waals surface area (Å²) in [7, 11) is 0. The number of benzene rings is 1. The van der Waals surface area contributed by atoms with Crippen LogP contribution >= 0.6 is 46.4 Å². The second kappa shape index (κ2) is 5.97. The molecule has 19 heavy (non-hydrogen) atoms. The number of aromatic nitrogens is 1. The van der Waals surface area contributed by atoms with Crippen LogP contribution in [0.5, 0.6) is 0 Å². The Kier molecular flexibility index (Phi) is 4.53. The number of carbonyl (C=O) groups is 1. The lowest BCUT2D eigenvalue weighted by atomic mass is 10.2. The van der Waals surface area contributed by atoms with E-state index in [1.54, 1.807) is 18.2 Å². The molecule has 0 radical (unpaired) electrons. The van der Waals surface area contributed by atoms with Crippen LogP contribution < -0.4 is 5.32 Å². The zero-order chi connectivity index (χ0) is 14.0. The van der Waals surface area contributed by atoms with Gasteiger partial charge in [-0.2, -0.15) is 0 Å². The van der Waals surface area contributed by atoms with E-state index in [9.17, 15) is 4.79 Å².